The molecule has 2 aliphatic rings. The van der Waals surface area contributed by atoms with Gasteiger partial charge in [-0.1, -0.05) is 53.9 Å². The maximum Gasteiger partial charge on any atom is 0.241 e. The van der Waals surface area contributed by atoms with Crippen LogP contribution in [0.1, 0.15) is 73.1 Å². The summed E-state index contributed by atoms with van der Waals surface area (Å²) in [6.07, 6.45) is 7.65. The molecule has 0 aromatic carbocycles. The van der Waals surface area contributed by atoms with E-state index in [1.54, 1.807) is 0 Å². The first-order valence-electron chi connectivity index (χ1n) is 9.03. The van der Waals surface area contributed by atoms with Crippen LogP contribution >= 0.6 is 0 Å². The fraction of sp³-hybridized carbons (Fsp3) is 0.944. The molecule has 1 heterocycles. The quantitative estimate of drug-likeness (QED) is 0.837. The zero-order valence-electron chi connectivity index (χ0n) is 14.6. The molecule has 4 unspecified atom stereocenters. The third kappa shape index (κ3) is 3.61. The summed E-state index contributed by atoms with van der Waals surface area (Å²) >= 11 is 0. The lowest BCUT2D eigenvalue weighted by Crippen LogP contribution is -2.49. The Morgan fingerprint density at radius 2 is 1.86 bits per heavy atom. The summed E-state index contributed by atoms with van der Waals surface area (Å²) in [6.45, 7) is 11.1. The molecule has 0 spiro atoms. The molecule has 0 radical (unpaired) electrons. The topological polar surface area (TPSA) is 32.3 Å². The Morgan fingerprint density at radius 1 is 1.19 bits per heavy atom. The average Bonchev–Trinajstić information content (AvgIpc) is 2.74. The molecule has 1 amide bonds. The Hall–Kier alpha value is -0.570. The molecule has 1 aliphatic carbocycles. The molecule has 3 heteroatoms. The minimum Gasteiger partial charge on any atom is -0.323 e. The number of nitrogens with one attached hydrogen (secondary N) is 1. The predicted molar refractivity (Wildman–Crippen MR) is 87.9 cm³/mol. The number of amides is 1. The van der Waals surface area contributed by atoms with Gasteiger partial charge in [0.25, 0.3) is 0 Å². The summed E-state index contributed by atoms with van der Waals surface area (Å²) in [5.41, 5.74) is 0. The van der Waals surface area contributed by atoms with Crippen molar-refractivity contribution in [2.45, 2.75) is 91.4 Å². The predicted octanol–water partition coefficient (Wildman–Crippen LogP) is 3.78. The van der Waals surface area contributed by atoms with Crippen LogP contribution in [0.25, 0.3) is 0 Å². The Labute approximate surface area is 130 Å². The normalized spacial score (nSPS) is 34.2. The van der Waals surface area contributed by atoms with Gasteiger partial charge in [0.1, 0.15) is 0 Å². The molecule has 0 bridgehead atoms. The highest BCUT2D eigenvalue weighted by Gasteiger charge is 2.45. The molecule has 122 valence electrons. The summed E-state index contributed by atoms with van der Waals surface area (Å²) in [5.74, 6) is 2.05. The zero-order chi connectivity index (χ0) is 15.6. The van der Waals surface area contributed by atoms with E-state index in [2.05, 4.69) is 44.8 Å². The third-order valence-corrected chi connectivity index (χ3v) is 5.34. The molecule has 1 saturated heterocycles. The largest absolute Gasteiger partial charge is 0.323 e. The van der Waals surface area contributed by atoms with Gasteiger partial charge < -0.3 is 4.90 Å². The lowest BCUT2D eigenvalue weighted by Gasteiger charge is -2.41. The van der Waals surface area contributed by atoms with Gasteiger partial charge in [0, 0.05) is 6.04 Å². The highest BCUT2D eigenvalue weighted by molar-refractivity contribution is 5.85. The van der Waals surface area contributed by atoms with Crippen LogP contribution in [0.5, 0.6) is 0 Å². The molecule has 3 nitrogen and oxygen atoms in total. The van der Waals surface area contributed by atoms with E-state index in [1.165, 1.54) is 32.1 Å². The van der Waals surface area contributed by atoms with Crippen molar-refractivity contribution in [1.29, 1.82) is 0 Å². The first-order valence-corrected chi connectivity index (χ1v) is 9.03. The molecular weight excluding hydrogens is 260 g/mol. The second-order valence-corrected chi connectivity index (χ2v) is 7.80. The highest BCUT2D eigenvalue weighted by atomic mass is 16.2. The van der Waals surface area contributed by atoms with Crippen LogP contribution in [0, 0.1) is 17.8 Å². The van der Waals surface area contributed by atoms with Gasteiger partial charge in [0.05, 0.1) is 12.2 Å². The van der Waals surface area contributed by atoms with Crippen molar-refractivity contribution in [1.82, 2.24) is 10.2 Å². The van der Waals surface area contributed by atoms with Gasteiger partial charge in [-0.3, -0.25) is 10.1 Å². The number of rotatable bonds is 5. The van der Waals surface area contributed by atoms with Gasteiger partial charge in [0.15, 0.2) is 0 Å². The number of hydrogen-bond acceptors (Lipinski definition) is 2. The van der Waals surface area contributed by atoms with Crippen molar-refractivity contribution in [2.75, 3.05) is 0 Å². The van der Waals surface area contributed by atoms with E-state index in [9.17, 15) is 4.79 Å². The summed E-state index contributed by atoms with van der Waals surface area (Å²) in [6, 6.07) is 0.490. The van der Waals surface area contributed by atoms with E-state index < -0.39 is 0 Å². The van der Waals surface area contributed by atoms with E-state index in [1.807, 2.05) is 0 Å². The van der Waals surface area contributed by atoms with Gasteiger partial charge in [0.2, 0.25) is 5.91 Å². The van der Waals surface area contributed by atoms with Gasteiger partial charge in [-0.25, -0.2) is 0 Å². The zero-order valence-corrected chi connectivity index (χ0v) is 14.6. The SMILES string of the molecule is CCC1CCCCC1N1C(=O)C(C(C)C)NC1CC(C)C. The Morgan fingerprint density at radius 3 is 2.43 bits per heavy atom. The van der Waals surface area contributed by atoms with Gasteiger partial charge >= 0.3 is 0 Å². The standard InChI is InChI=1S/C18H34N2O/c1-6-14-9-7-8-10-15(14)20-16(11-12(2)3)19-17(13(4)5)18(20)21/h12-17,19H,6-11H2,1-5H3. The maximum absolute atomic E-state index is 13.0. The molecule has 4 atom stereocenters. The van der Waals surface area contributed by atoms with E-state index in [4.69, 9.17) is 0 Å². The van der Waals surface area contributed by atoms with Crippen LogP contribution in [0.2, 0.25) is 0 Å². The molecule has 1 N–H and O–H groups in total. The van der Waals surface area contributed by atoms with Crippen molar-refractivity contribution in [2.24, 2.45) is 17.8 Å². The van der Waals surface area contributed by atoms with E-state index in [0.29, 0.717) is 29.7 Å². The Balaban J connectivity index is 2.20. The van der Waals surface area contributed by atoms with Crippen LogP contribution < -0.4 is 5.32 Å². The van der Waals surface area contributed by atoms with Crippen LogP contribution in [0.3, 0.4) is 0 Å². The molecule has 2 fully saturated rings. The minimum absolute atomic E-state index is 0.0215. The molecular formula is C18H34N2O. The Bertz CT molecular complexity index is 353. The van der Waals surface area contributed by atoms with Gasteiger partial charge in [-0.15, -0.1) is 0 Å². The molecule has 2 rings (SSSR count). The minimum atomic E-state index is 0.0215. The fourth-order valence-corrected chi connectivity index (χ4v) is 4.20. The number of carbonyl (C=O) groups excluding carboxylic acids is 1. The fourth-order valence-electron chi connectivity index (χ4n) is 4.20. The van der Waals surface area contributed by atoms with Crippen LogP contribution in [-0.2, 0) is 4.79 Å². The van der Waals surface area contributed by atoms with Gasteiger partial charge in [-0.2, -0.15) is 0 Å². The Kier molecular flexibility index (Phi) is 5.70. The lowest BCUT2D eigenvalue weighted by atomic mass is 9.81. The van der Waals surface area contributed by atoms with Crippen molar-refractivity contribution < 1.29 is 4.79 Å². The van der Waals surface area contributed by atoms with Crippen molar-refractivity contribution >= 4 is 5.91 Å². The van der Waals surface area contributed by atoms with Crippen LogP contribution in [0.4, 0.5) is 0 Å². The molecule has 1 aliphatic heterocycles. The van der Waals surface area contributed by atoms with E-state index in [0.717, 1.165) is 6.42 Å². The summed E-state index contributed by atoms with van der Waals surface area (Å²) in [7, 11) is 0. The monoisotopic (exact) mass is 294 g/mol. The van der Waals surface area contributed by atoms with Crippen LogP contribution in [0.15, 0.2) is 0 Å². The van der Waals surface area contributed by atoms with Crippen molar-refractivity contribution in [3.8, 4) is 0 Å². The number of hydrogen-bond donors (Lipinski definition) is 1. The maximum atomic E-state index is 13.0. The molecule has 0 aromatic rings. The average molecular weight is 294 g/mol. The molecule has 0 aromatic heterocycles. The van der Waals surface area contributed by atoms with Crippen molar-refractivity contribution in [3.05, 3.63) is 0 Å². The summed E-state index contributed by atoms with van der Waals surface area (Å²) in [4.78, 5) is 15.2. The molecule has 1 saturated carbocycles. The highest BCUT2D eigenvalue weighted by Crippen LogP contribution is 2.35. The smallest absolute Gasteiger partial charge is 0.241 e. The number of carbonyl (C=O) groups is 1. The third-order valence-electron chi connectivity index (χ3n) is 5.34. The second kappa shape index (κ2) is 7.13. The first-order chi connectivity index (χ1) is 9.95. The van der Waals surface area contributed by atoms with Crippen molar-refractivity contribution in [3.63, 3.8) is 0 Å². The van der Waals surface area contributed by atoms with E-state index >= 15 is 0 Å². The summed E-state index contributed by atoms with van der Waals surface area (Å²) in [5, 5.41) is 3.64. The number of nitrogens with zero attached hydrogens (tertiary/aromatic N) is 1. The second-order valence-electron chi connectivity index (χ2n) is 7.80. The molecule has 21 heavy (non-hydrogen) atoms. The van der Waals surface area contributed by atoms with Crippen LogP contribution in [-0.4, -0.2) is 29.1 Å². The van der Waals surface area contributed by atoms with Gasteiger partial charge in [-0.05, 0) is 37.0 Å². The summed E-state index contributed by atoms with van der Waals surface area (Å²) < 4.78 is 0. The lowest BCUT2D eigenvalue weighted by molar-refractivity contribution is -0.135. The first kappa shape index (κ1) is 16.8. The van der Waals surface area contributed by atoms with E-state index in [-0.39, 0.29) is 12.2 Å².